The largest absolute Gasteiger partial charge is 0.302 e. The van der Waals surface area contributed by atoms with Crippen molar-refractivity contribution in [3.05, 3.63) is 29.8 Å². The highest BCUT2D eigenvalue weighted by Gasteiger charge is 2.34. The normalized spacial score (nSPS) is 31.7. The standard InChI is InChI=1S/C15H21NS/c1-2-12-3-5-14(6-4-12)17-15-11-16-9-7-13(15)8-10-16/h3-6,13,15H,2,7-11H2,1H3/t15-/m0/s1. The van der Waals surface area contributed by atoms with E-state index in [0.29, 0.717) is 0 Å². The summed E-state index contributed by atoms with van der Waals surface area (Å²) in [6.07, 6.45) is 3.99. The molecular formula is C15H21NS. The average molecular weight is 247 g/mol. The van der Waals surface area contributed by atoms with E-state index in [1.54, 1.807) is 0 Å². The number of thioether (sulfide) groups is 1. The monoisotopic (exact) mass is 247 g/mol. The summed E-state index contributed by atoms with van der Waals surface area (Å²) in [5.74, 6) is 0.968. The predicted molar refractivity (Wildman–Crippen MR) is 74.6 cm³/mol. The summed E-state index contributed by atoms with van der Waals surface area (Å²) in [7, 11) is 0. The minimum atomic E-state index is 0.838. The minimum absolute atomic E-state index is 0.838. The van der Waals surface area contributed by atoms with Crippen LogP contribution in [0.4, 0.5) is 0 Å². The van der Waals surface area contributed by atoms with Crippen LogP contribution in [0.15, 0.2) is 29.2 Å². The lowest BCUT2D eigenvalue weighted by Gasteiger charge is -2.44. The van der Waals surface area contributed by atoms with Gasteiger partial charge in [0.05, 0.1) is 0 Å². The lowest BCUT2D eigenvalue weighted by Crippen LogP contribution is -2.48. The summed E-state index contributed by atoms with van der Waals surface area (Å²) in [5, 5.41) is 0.838. The molecule has 3 aliphatic rings. The summed E-state index contributed by atoms with van der Waals surface area (Å²) < 4.78 is 0. The SMILES string of the molecule is CCc1ccc(S[C@H]2CN3CCC2CC3)cc1. The number of benzene rings is 1. The molecule has 3 fully saturated rings. The topological polar surface area (TPSA) is 3.24 Å². The first kappa shape index (κ1) is 11.6. The Morgan fingerprint density at radius 2 is 1.88 bits per heavy atom. The van der Waals surface area contributed by atoms with E-state index in [1.165, 1.54) is 42.9 Å². The molecule has 1 aromatic rings. The number of hydrogen-bond donors (Lipinski definition) is 0. The van der Waals surface area contributed by atoms with Crippen molar-refractivity contribution >= 4 is 11.8 Å². The van der Waals surface area contributed by atoms with Crippen LogP contribution < -0.4 is 0 Å². The van der Waals surface area contributed by atoms with Gasteiger partial charge in [-0.15, -0.1) is 11.8 Å². The van der Waals surface area contributed by atoms with Gasteiger partial charge >= 0.3 is 0 Å². The predicted octanol–water partition coefficient (Wildman–Crippen LogP) is 3.44. The van der Waals surface area contributed by atoms with Gasteiger partial charge in [0, 0.05) is 16.7 Å². The van der Waals surface area contributed by atoms with Gasteiger partial charge in [-0.1, -0.05) is 19.1 Å². The van der Waals surface area contributed by atoms with Crippen LogP contribution >= 0.6 is 11.8 Å². The summed E-state index contributed by atoms with van der Waals surface area (Å²) in [5.41, 5.74) is 1.45. The van der Waals surface area contributed by atoms with Gasteiger partial charge in [0.2, 0.25) is 0 Å². The number of fused-ring (bicyclic) bond motifs is 3. The van der Waals surface area contributed by atoms with E-state index in [1.807, 2.05) is 0 Å². The van der Waals surface area contributed by atoms with Gasteiger partial charge in [-0.25, -0.2) is 0 Å². The molecule has 2 bridgehead atoms. The molecule has 2 heteroatoms. The van der Waals surface area contributed by atoms with Gasteiger partial charge in [-0.3, -0.25) is 0 Å². The highest BCUT2D eigenvalue weighted by molar-refractivity contribution is 8.00. The van der Waals surface area contributed by atoms with Crippen LogP contribution in [0.3, 0.4) is 0 Å². The Hall–Kier alpha value is -0.470. The molecule has 17 heavy (non-hydrogen) atoms. The van der Waals surface area contributed by atoms with E-state index < -0.39 is 0 Å². The summed E-state index contributed by atoms with van der Waals surface area (Å²) in [6.45, 7) is 6.22. The Balaban J connectivity index is 1.66. The van der Waals surface area contributed by atoms with Crippen LogP contribution in [0.5, 0.6) is 0 Å². The maximum atomic E-state index is 2.64. The molecule has 1 aromatic carbocycles. The zero-order chi connectivity index (χ0) is 11.7. The highest BCUT2D eigenvalue weighted by Crippen LogP contribution is 2.38. The third kappa shape index (κ3) is 2.53. The van der Waals surface area contributed by atoms with Crippen molar-refractivity contribution in [1.29, 1.82) is 0 Å². The fourth-order valence-corrected chi connectivity index (χ4v) is 4.42. The second kappa shape index (κ2) is 5.03. The van der Waals surface area contributed by atoms with Gasteiger partial charge in [-0.05, 0) is 56.0 Å². The molecule has 0 spiro atoms. The molecule has 0 aliphatic carbocycles. The zero-order valence-electron chi connectivity index (χ0n) is 10.6. The maximum absolute atomic E-state index is 2.64. The number of aryl methyl sites for hydroxylation is 1. The molecule has 0 amide bonds. The first-order valence-corrected chi connectivity index (χ1v) is 7.71. The Morgan fingerprint density at radius 3 is 2.41 bits per heavy atom. The molecule has 0 unspecified atom stereocenters. The van der Waals surface area contributed by atoms with E-state index >= 15 is 0 Å². The van der Waals surface area contributed by atoms with E-state index in [2.05, 4.69) is 47.9 Å². The first-order valence-electron chi connectivity index (χ1n) is 6.83. The fourth-order valence-electron chi connectivity index (χ4n) is 3.02. The van der Waals surface area contributed by atoms with E-state index in [4.69, 9.17) is 0 Å². The zero-order valence-corrected chi connectivity index (χ0v) is 11.4. The molecule has 92 valence electrons. The van der Waals surface area contributed by atoms with Crippen LogP contribution in [0.25, 0.3) is 0 Å². The van der Waals surface area contributed by atoms with Crippen LogP contribution in [0.2, 0.25) is 0 Å². The molecule has 0 radical (unpaired) electrons. The average Bonchev–Trinajstić information content (AvgIpc) is 2.41. The second-order valence-electron chi connectivity index (χ2n) is 5.29. The summed E-state index contributed by atoms with van der Waals surface area (Å²) in [6, 6.07) is 9.18. The lowest BCUT2D eigenvalue weighted by molar-refractivity contribution is 0.118. The highest BCUT2D eigenvalue weighted by atomic mass is 32.2. The van der Waals surface area contributed by atoms with Crippen molar-refractivity contribution in [2.75, 3.05) is 19.6 Å². The van der Waals surface area contributed by atoms with Crippen molar-refractivity contribution < 1.29 is 0 Å². The molecule has 3 saturated heterocycles. The molecule has 0 saturated carbocycles. The smallest absolute Gasteiger partial charge is 0.0251 e. The van der Waals surface area contributed by atoms with Gasteiger partial charge in [0.25, 0.3) is 0 Å². The molecule has 0 aromatic heterocycles. The Labute approximate surface area is 109 Å². The molecule has 1 atom stereocenters. The molecule has 3 heterocycles. The van der Waals surface area contributed by atoms with Crippen molar-refractivity contribution in [2.24, 2.45) is 5.92 Å². The van der Waals surface area contributed by atoms with Gasteiger partial charge < -0.3 is 4.90 Å². The fraction of sp³-hybridized carbons (Fsp3) is 0.600. The van der Waals surface area contributed by atoms with E-state index in [9.17, 15) is 0 Å². The van der Waals surface area contributed by atoms with Crippen molar-refractivity contribution in [1.82, 2.24) is 4.90 Å². The van der Waals surface area contributed by atoms with E-state index in [-0.39, 0.29) is 0 Å². The second-order valence-corrected chi connectivity index (χ2v) is 6.60. The van der Waals surface area contributed by atoms with Crippen molar-refractivity contribution in [2.45, 2.75) is 36.3 Å². The lowest BCUT2D eigenvalue weighted by atomic mass is 9.88. The molecule has 4 rings (SSSR count). The molecule has 1 nitrogen and oxygen atoms in total. The van der Waals surface area contributed by atoms with Crippen LogP contribution in [0.1, 0.15) is 25.3 Å². The number of rotatable bonds is 3. The Kier molecular flexibility index (Phi) is 3.44. The first-order chi connectivity index (χ1) is 8.35. The maximum Gasteiger partial charge on any atom is 0.0251 e. The summed E-state index contributed by atoms with van der Waals surface area (Å²) in [4.78, 5) is 4.10. The summed E-state index contributed by atoms with van der Waals surface area (Å²) >= 11 is 2.11. The number of piperidine rings is 3. The van der Waals surface area contributed by atoms with Crippen LogP contribution in [-0.4, -0.2) is 29.8 Å². The number of hydrogen-bond acceptors (Lipinski definition) is 2. The Morgan fingerprint density at radius 1 is 1.18 bits per heavy atom. The molecule has 0 N–H and O–H groups in total. The van der Waals surface area contributed by atoms with Crippen molar-refractivity contribution in [3.8, 4) is 0 Å². The van der Waals surface area contributed by atoms with Crippen molar-refractivity contribution in [3.63, 3.8) is 0 Å². The Bertz CT molecular complexity index is 365. The van der Waals surface area contributed by atoms with Gasteiger partial charge in [-0.2, -0.15) is 0 Å². The molecule has 3 aliphatic heterocycles. The van der Waals surface area contributed by atoms with Gasteiger partial charge in [0.15, 0.2) is 0 Å². The van der Waals surface area contributed by atoms with Crippen LogP contribution in [-0.2, 0) is 6.42 Å². The van der Waals surface area contributed by atoms with Gasteiger partial charge in [0.1, 0.15) is 0 Å². The third-order valence-corrected chi connectivity index (χ3v) is 5.60. The number of nitrogens with zero attached hydrogens (tertiary/aromatic N) is 1. The van der Waals surface area contributed by atoms with E-state index in [0.717, 1.165) is 17.6 Å². The quantitative estimate of drug-likeness (QED) is 0.805. The third-order valence-electron chi connectivity index (χ3n) is 4.22. The van der Waals surface area contributed by atoms with Crippen LogP contribution in [0, 0.1) is 5.92 Å². The minimum Gasteiger partial charge on any atom is -0.302 e. The molecular weight excluding hydrogens is 226 g/mol.